The van der Waals surface area contributed by atoms with Gasteiger partial charge in [-0.3, -0.25) is 0 Å². The molecule has 4 heteroatoms. The van der Waals surface area contributed by atoms with Gasteiger partial charge in [0.05, 0.1) is 18.2 Å². The molecule has 0 aliphatic carbocycles. The van der Waals surface area contributed by atoms with Gasteiger partial charge in [0.2, 0.25) is 0 Å². The second-order valence-electron chi connectivity index (χ2n) is 4.99. The van der Waals surface area contributed by atoms with E-state index in [1.807, 2.05) is 42.5 Å². The predicted molar refractivity (Wildman–Crippen MR) is 87.3 cm³/mol. The Labute approximate surface area is 133 Å². The number of pyridine rings is 1. The molecular weight excluding hydrogens is 298 g/mol. The van der Waals surface area contributed by atoms with E-state index >= 15 is 0 Å². The molecule has 2 aromatic carbocycles. The van der Waals surface area contributed by atoms with Gasteiger partial charge in [0.15, 0.2) is 0 Å². The summed E-state index contributed by atoms with van der Waals surface area (Å²) in [6, 6.07) is 17.2. The first-order chi connectivity index (χ1) is 10.7. The molecule has 0 saturated heterocycles. The van der Waals surface area contributed by atoms with Crippen molar-refractivity contribution in [2.75, 3.05) is 7.11 Å². The Morgan fingerprint density at radius 3 is 2.59 bits per heavy atom. The molecule has 3 nitrogen and oxygen atoms in total. The molecule has 0 aliphatic rings. The number of fused-ring (bicyclic) bond motifs is 1. The van der Waals surface area contributed by atoms with Crippen LogP contribution in [0.5, 0.6) is 0 Å². The van der Waals surface area contributed by atoms with Crippen LogP contribution in [0.4, 0.5) is 0 Å². The van der Waals surface area contributed by atoms with Crippen molar-refractivity contribution >= 4 is 28.5 Å². The maximum Gasteiger partial charge on any atom is 0.337 e. The fourth-order valence-corrected chi connectivity index (χ4v) is 2.68. The van der Waals surface area contributed by atoms with Gasteiger partial charge in [-0.1, -0.05) is 41.9 Å². The van der Waals surface area contributed by atoms with Crippen molar-refractivity contribution in [2.24, 2.45) is 0 Å². The number of para-hydroxylation sites is 1. The maximum absolute atomic E-state index is 11.5. The first-order valence-electron chi connectivity index (χ1n) is 6.89. The lowest BCUT2D eigenvalue weighted by Crippen LogP contribution is -2.01. The Balaban J connectivity index is 1.94. The number of hydrogen-bond acceptors (Lipinski definition) is 3. The highest BCUT2D eigenvalue weighted by molar-refractivity contribution is 6.29. The molecule has 1 aromatic heterocycles. The lowest BCUT2D eigenvalue weighted by atomic mass is 10.0. The van der Waals surface area contributed by atoms with Crippen LogP contribution in [0.1, 0.15) is 21.5 Å². The largest absolute Gasteiger partial charge is 0.465 e. The number of nitrogens with zero attached hydrogens (tertiary/aromatic N) is 1. The molecule has 0 N–H and O–H groups in total. The number of benzene rings is 2. The minimum absolute atomic E-state index is 0.330. The fourth-order valence-electron chi connectivity index (χ4n) is 2.45. The standard InChI is InChI=1S/C18H14ClNO2/c1-22-18(21)13-8-6-12(7-9-13)10-14-11-17(19)20-16-5-3-2-4-15(14)16/h2-9,11H,10H2,1H3. The summed E-state index contributed by atoms with van der Waals surface area (Å²) in [5.41, 5.74) is 3.64. The van der Waals surface area contributed by atoms with E-state index in [1.54, 1.807) is 12.1 Å². The molecule has 3 rings (SSSR count). The number of methoxy groups -OCH3 is 1. The second kappa shape index (κ2) is 6.16. The lowest BCUT2D eigenvalue weighted by Gasteiger charge is -2.08. The van der Waals surface area contributed by atoms with Crippen molar-refractivity contribution in [3.8, 4) is 0 Å². The number of carbonyl (C=O) groups excluding carboxylic acids is 1. The minimum atomic E-state index is -0.330. The Morgan fingerprint density at radius 1 is 1.14 bits per heavy atom. The van der Waals surface area contributed by atoms with Gasteiger partial charge in [-0.2, -0.15) is 0 Å². The summed E-state index contributed by atoms with van der Waals surface area (Å²) in [5, 5.41) is 1.57. The van der Waals surface area contributed by atoms with Gasteiger partial charge >= 0.3 is 5.97 Å². The Hall–Kier alpha value is -2.39. The molecule has 1 heterocycles. The highest BCUT2D eigenvalue weighted by atomic mass is 35.5. The Kier molecular flexibility index (Phi) is 4.07. The van der Waals surface area contributed by atoms with E-state index in [1.165, 1.54) is 7.11 Å². The molecule has 0 unspecified atom stereocenters. The quantitative estimate of drug-likeness (QED) is 0.536. The predicted octanol–water partition coefficient (Wildman–Crippen LogP) is 4.27. The zero-order valence-corrected chi connectivity index (χ0v) is 12.8. The molecule has 0 saturated carbocycles. The molecule has 0 amide bonds. The maximum atomic E-state index is 11.5. The lowest BCUT2D eigenvalue weighted by molar-refractivity contribution is 0.0600. The first-order valence-corrected chi connectivity index (χ1v) is 7.26. The summed E-state index contributed by atoms with van der Waals surface area (Å²) in [7, 11) is 1.38. The summed E-state index contributed by atoms with van der Waals surface area (Å²) in [5.74, 6) is -0.330. The van der Waals surface area contributed by atoms with E-state index in [4.69, 9.17) is 16.3 Å². The summed E-state index contributed by atoms with van der Waals surface area (Å²) >= 11 is 6.10. The zero-order chi connectivity index (χ0) is 15.5. The van der Waals surface area contributed by atoms with Crippen molar-refractivity contribution in [3.05, 3.63) is 76.4 Å². The van der Waals surface area contributed by atoms with Gasteiger partial charge in [-0.25, -0.2) is 9.78 Å². The fraction of sp³-hybridized carbons (Fsp3) is 0.111. The molecular formula is C18H14ClNO2. The van der Waals surface area contributed by atoms with Gasteiger partial charge in [0, 0.05) is 5.39 Å². The SMILES string of the molecule is COC(=O)c1ccc(Cc2cc(Cl)nc3ccccc23)cc1. The Bertz CT molecular complexity index is 828. The molecule has 0 radical (unpaired) electrons. The van der Waals surface area contributed by atoms with Crippen LogP contribution in [0.3, 0.4) is 0 Å². The van der Waals surface area contributed by atoms with Gasteiger partial charge in [-0.15, -0.1) is 0 Å². The van der Waals surface area contributed by atoms with Crippen LogP contribution in [0.15, 0.2) is 54.6 Å². The number of aromatic nitrogens is 1. The number of hydrogen-bond donors (Lipinski definition) is 0. The molecule has 22 heavy (non-hydrogen) atoms. The van der Waals surface area contributed by atoms with Crippen molar-refractivity contribution < 1.29 is 9.53 Å². The number of ether oxygens (including phenoxy) is 1. The first kappa shape index (κ1) is 14.5. The summed E-state index contributed by atoms with van der Waals surface area (Å²) < 4.78 is 4.70. The molecule has 0 spiro atoms. The van der Waals surface area contributed by atoms with Gasteiger partial charge in [0.1, 0.15) is 5.15 Å². The third-order valence-electron chi connectivity index (χ3n) is 3.54. The summed E-state index contributed by atoms with van der Waals surface area (Å²) in [6.07, 6.45) is 0.726. The van der Waals surface area contributed by atoms with E-state index < -0.39 is 0 Å². The van der Waals surface area contributed by atoms with Crippen molar-refractivity contribution in [3.63, 3.8) is 0 Å². The second-order valence-corrected chi connectivity index (χ2v) is 5.37. The normalized spacial score (nSPS) is 10.6. The van der Waals surface area contributed by atoms with Crippen LogP contribution >= 0.6 is 11.6 Å². The molecule has 0 atom stereocenters. The number of esters is 1. The third-order valence-corrected chi connectivity index (χ3v) is 3.73. The van der Waals surface area contributed by atoms with Crippen LogP contribution in [0.25, 0.3) is 10.9 Å². The average Bonchev–Trinajstić information content (AvgIpc) is 2.54. The van der Waals surface area contributed by atoms with Crippen LogP contribution in [0, 0.1) is 0 Å². The summed E-state index contributed by atoms with van der Waals surface area (Å²) in [6.45, 7) is 0. The van der Waals surface area contributed by atoms with E-state index in [0.717, 1.165) is 28.5 Å². The number of rotatable bonds is 3. The smallest absolute Gasteiger partial charge is 0.337 e. The third kappa shape index (κ3) is 2.95. The van der Waals surface area contributed by atoms with Crippen molar-refractivity contribution in [1.29, 1.82) is 0 Å². The van der Waals surface area contributed by atoms with Crippen LogP contribution < -0.4 is 0 Å². The van der Waals surface area contributed by atoms with Gasteiger partial charge in [0.25, 0.3) is 0 Å². The number of carbonyl (C=O) groups is 1. The van der Waals surface area contributed by atoms with Crippen molar-refractivity contribution in [1.82, 2.24) is 4.98 Å². The molecule has 0 fully saturated rings. The Morgan fingerprint density at radius 2 is 1.86 bits per heavy atom. The molecule has 0 aliphatic heterocycles. The van der Waals surface area contributed by atoms with E-state index in [2.05, 4.69) is 4.98 Å². The van der Waals surface area contributed by atoms with Gasteiger partial charge in [-0.05, 0) is 41.8 Å². The van der Waals surface area contributed by atoms with Crippen LogP contribution in [-0.4, -0.2) is 18.1 Å². The molecule has 0 bridgehead atoms. The summed E-state index contributed by atoms with van der Waals surface area (Å²) in [4.78, 5) is 15.8. The van der Waals surface area contributed by atoms with E-state index in [-0.39, 0.29) is 5.97 Å². The van der Waals surface area contributed by atoms with E-state index in [9.17, 15) is 4.79 Å². The van der Waals surface area contributed by atoms with Crippen LogP contribution in [0.2, 0.25) is 5.15 Å². The minimum Gasteiger partial charge on any atom is -0.465 e. The molecule has 110 valence electrons. The number of halogens is 1. The monoisotopic (exact) mass is 311 g/mol. The zero-order valence-electron chi connectivity index (χ0n) is 12.0. The van der Waals surface area contributed by atoms with Crippen LogP contribution in [-0.2, 0) is 11.2 Å². The highest BCUT2D eigenvalue weighted by Gasteiger charge is 2.08. The highest BCUT2D eigenvalue weighted by Crippen LogP contribution is 2.23. The van der Waals surface area contributed by atoms with Crippen molar-refractivity contribution in [2.45, 2.75) is 6.42 Å². The van der Waals surface area contributed by atoms with Gasteiger partial charge < -0.3 is 4.74 Å². The molecule has 3 aromatic rings. The van der Waals surface area contributed by atoms with E-state index in [0.29, 0.717) is 10.7 Å². The average molecular weight is 312 g/mol. The topological polar surface area (TPSA) is 39.2 Å².